The number of carbonyl (C=O) groups is 2. The smallest absolute Gasteiger partial charge is 0.255 e. The van der Waals surface area contributed by atoms with E-state index in [1.165, 1.54) is 6.20 Å². The van der Waals surface area contributed by atoms with E-state index in [-0.39, 0.29) is 11.8 Å². The van der Waals surface area contributed by atoms with Gasteiger partial charge in [0.2, 0.25) is 5.88 Å². The molecule has 0 fully saturated rings. The number of carbonyl (C=O) groups excluding carboxylic acids is 2. The molecule has 0 spiro atoms. The third-order valence-electron chi connectivity index (χ3n) is 4.17. The van der Waals surface area contributed by atoms with Gasteiger partial charge in [-0.25, -0.2) is 4.98 Å². The Balaban J connectivity index is 1.59. The first-order valence-electron chi connectivity index (χ1n) is 9.48. The van der Waals surface area contributed by atoms with Gasteiger partial charge in [-0.05, 0) is 42.3 Å². The van der Waals surface area contributed by atoms with Crippen LogP contribution in [0.3, 0.4) is 0 Å². The molecule has 0 aliphatic heterocycles. The van der Waals surface area contributed by atoms with Gasteiger partial charge in [-0.2, -0.15) is 0 Å². The lowest BCUT2D eigenvalue weighted by atomic mass is 10.2. The zero-order valence-corrected chi connectivity index (χ0v) is 16.2. The van der Waals surface area contributed by atoms with Crippen molar-refractivity contribution in [2.75, 3.05) is 11.9 Å². The fourth-order valence-corrected chi connectivity index (χ4v) is 2.61. The average molecular weight is 389 g/mol. The molecule has 2 N–H and O–H groups in total. The van der Waals surface area contributed by atoms with E-state index in [9.17, 15) is 9.59 Å². The van der Waals surface area contributed by atoms with Crippen LogP contribution in [0, 0.1) is 0 Å². The molecule has 0 bridgehead atoms. The van der Waals surface area contributed by atoms with Crippen molar-refractivity contribution in [2.45, 2.75) is 20.0 Å². The highest BCUT2D eigenvalue weighted by atomic mass is 16.5. The van der Waals surface area contributed by atoms with Gasteiger partial charge in [-0.3, -0.25) is 9.59 Å². The maximum atomic E-state index is 12.5. The van der Waals surface area contributed by atoms with Gasteiger partial charge in [0.15, 0.2) is 0 Å². The maximum absolute atomic E-state index is 12.5. The summed E-state index contributed by atoms with van der Waals surface area (Å²) in [5.74, 6) is -0.0244. The van der Waals surface area contributed by atoms with E-state index in [4.69, 9.17) is 4.74 Å². The zero-order chi connectivity index (χ0) is 20.5. The van der Waals surface area contributed by atoms with E-state index >= 15 is 0 Å². The lowest BCUT2D eigenvalue weighted by molar-refractivity contribution is 0.0953. The Kier molecular flexibility index (Phi) is 6.95. The van der Waals surface area contributed by atoms with Crippen molar-refractivity contribution in [3.8, 4) is 5.88 Å². The Hall–Kier alpha value is -3.67. The number of amides is 2. The summed E-state index contributed by atoms with van der Waals surface area (Å²) in [4.78, 5) is 28.6. The van der Waals surface area contributed by atoms with Gasteiger partial charge in [-0.1, -0.05) is 37.3 Å². The second-order valence-corrected chi connectivity index (χ2v) is 6.44. The van der Waals surface area contributed by atoms with Gasteiger partial charge >= 0.3 is 0 Å². The standard InChI is InChI=1S/C23H23N3O3/c1-2-13-25-22(27)18-8-10-20(11-9-18)26-23(28)19-12-14-24-21(15-19)29-16-17-6-4-3-5-7-17/h3-12,14-15H,2,13,16H2,1H3,(H,25,27)(H,26,28). The molecule has 1 heterocycles. The fraction of sp³-hybridized carbons (Fsp3) is 0.174. The summed E-state index contributed by atoms with van der Waals surface area (Å²) in [5.41, 5.74) is 2.61. The summed E-state index contributed by atoms with van der Waals surface area (Å²) in [7, 11) is 0. The highest BCUT2D eigenvalue weighted by molar-refractivity contribution is 6.04. The molecule has 3 rings (SSSR count). The molecule has 0 radical (unpaired) electrons. The molecular weight excluding hydrogens is 366 g/mol. The summed E-state index contributed by atoms with van der Waals surface area (Å²) >= 11 is 0. The van der Waals surface area contributed by atoms with Crippen molar-refractivity contribution in [3.63, 3.8) is 0 Å². The molecule has 0 aliphatic carbocycles. The van der Waals surface area contributed by atoms with Gasteiger partial charge in [0.05, 0.1) is 0 Å². The Morgan fingerprint density at radius 1 is 0.931 bits per heavy atom. The van der Waals surface area contributed by atoms with Gasteiger partial charge in [0.25, 0.3) is 11.8 Å². The summed E-state index contributed by atoms with van der Waals surface area (Å²) in [6, 6.07) is 19.7. The van der Waals surface area contributed by atoms with Gasteiger partial charge in [0.1, 0.15) is 6.61 Å². The summed E-state index contributed by atoms with van der Waals surface area (Å²) in [6.07, 6.45) is 2.42. The molecular formula is C23H23N3O3. The first kappa shape index (κ1) is 20.1. The monoisotopic (exact) mass is 389 g/mol. The van der Waals surface area contributed by atoms with Crippen LogP contribution < -0.4 is 15.4 Å². The summed E-state index contributed by atoms with van der Waals surface area (Å²) < 4.78 is 5.67. The number of benzene rings is 2. The number of aromatic nitrogens is 1. The SMILES string of the molecule is CCCNC(=O)c1ccc(NC(=O)c2ccnc(OCc3ccccc3)c2)cc1. The number of rotatable bonds is 8. The lowest BCUT2D eigenvalue weighted by Gasteiger charge is -2.09. The highest BCUT2D eigenvalue weighted by Gasteiger charge is 2.10. The molecule has 2 aromatic carbocycles. The average Bonchev–Trinajstić information content (AvgIpc) is 2.77. The van der Waals surface area contributed by atoms with E-state index < -0.39 is 0 Å². The van der Waals surface area contributed by atoms with Crippen molar-refractivity contribution >= 4 is 17.5 Å². The number of nitrogens with zero attached hydrogens (tertiary/aromatic N) is 1. The second-order valence-electron chi connectivity index (χ2n) is 6.44. The number of nitrogens with one attached hydrogen (secondary N) is 2. The third-order valence-corrected chi connectivity index (χ3v) is 4.17. The van der Waals surface area contributed by atoms with Gasteiger partial charge in [0, 0.05) is 35.6 Å². The van der Waals surface area contributed by atoms with Crippen LogP contribution in [0.5, 0.6) is 5.88 Å². The zero-order valence-electron chi connectivity index (χ0n) is 16.2. The van der Waals surface area contributed by atoms with Crippen molar-refractivity contribution < 1.29 is 14.3 Å². The molecule has 2 amide bonds. The van der Waals surface area contributed by atoms with Crippen LogP contribution >= 0.6 is 0 Å². The van der Waals surface area contributed by atoms with Crippen LogP contribution in [-0.2, 0) is 6.61 Å². The van der Waals surface area contributed by atoms with E-state index in [1.807, 2.05) is 37.3 Å². The number of hydrogen-bond acceptors (Lipinski definition) is 4. The van der Waals surface area contributed by atoms with Crippen LogP contribution in [0.4, 0.5) is 5.69 Å². The van der Waals surface area contributed by atoms with E-state index in [1.54, 1.807) is 36.4 Å². The molecule has 6 heteroatoms. The summed E-state index contributed by atoms with van der Waals surface area (Å²) in [5, 5.41) is 5.63. The first-order valence-corrected chi connectivity index (χ1v) is 9.48. The maximum Gasteiger partial charge on any atom is 0.255 e. The molecule has 3 aromatic rings. The topological polar surface area (TPSA) is 80.3 Å². The molecule has 0 saturated heterocycles. The normalized spacial score (nSPS) is 10.2. The third kappa shape index (κ3) is 5.90. The molecule has 29 heavy (non-hydrogen) atoms. The number of pyridine rings is 1. The van der Waals surface area contributed by atoms with Crippen molar-refractivity contribution in [1.29, 1.82) is 0 Å². The Morgan fingerprint density at radius 2 is 1.69 bits per heavy atom. The molecule has 148 valence electrons. The lowest BCUT2D eigenvalue weighted by Crippen LogP contribution is -2.23. The predicted molar refractivity (Wildman–Crippen MR) is 112 cm³/mol. The molecule has 0 atom stereocenters. The molecule has 0 unspecified atom stereocenters. The Labute approximate surface area is 169 Å². The molecule has 0 aliphatic rings. The van der Waals surface area contributed by atoms with E-state index in [2.05, 4.69) is 15.6 Å². The van der Waals surface area contributed by atoms with Crippen molar-refractivity contribution in [1.82, 2.24) is 10.3 Å². The predicted octanol–water partition coefficient (Wildman–Crippen LogP) is 4.05. The molecule has 0 saturated carbocycles. The number of anilines is 1. The first-order chi connectivity index (χ1) is 14.2. The van der Waals surface area contributed by atoms with Crippen molar-refractivity contribution in [2.24, 2.45) is 0 Å². The summed E-state index contributed by atoms with van der Waals surface area (Å²) in [6.45, 7) is 3.00. The Morgan fingerprint density at radius 3 is 2.41 bits per heavy atom. The molecule has 6 nitrogen and oxygen atoms in total. The number of ether oxygens (including phenoxy) is 1. The fourth-order valence-electron chi connectivity index (χ4n) is 2.61. The minimum absolute atomic E-state index is 0.126. The highest BCUT2D eigenvalue weighted by Crippen LogP contribution is 2.15. The quantitative estimate of drug-likeness (QED) is 0.609. The van der Waals surface area contributed by atoms with Crippen molar-refractivity contribution in [3.05, 3.63) is 89.6 Å². The van der Waals surface area contributed by atoms with Crippen LogP contribution in [0.25, 0.3) is 0 Å². The molecule has 1 aromatic heterocycles. The van der Waals surface area contributed by atoms with E-state index in [0.29, 0.717) is 35.8 Å². The van der Waals surface area contributed by atoms with Crippen LogP contribution in [-0.4, -0.2) is 23.3 Å². The van der Waals surface area contributed by atoms with Crippen LogP contribution in [0.1, 0.15) is 39.6 Å². The Bertz CT molecular complexity index is 957. The van der Waals surface area contributed by atoms with Crippen LogP contribution in [0.15, 0.2) is 72.9 Å². The minimum Gasteiger partial charge on any atom is -0.473 e. The largest absolute Gasteiger partial charge is 0.473 e. The van der Waals surface area contributed by atoms with E-state index in [0.717, 1.165) is 12.0 Å². The minimum atomic E-state index is -0.278. The van der Waals surface area contributed by atoms with Gasteiger partial charge < -0.3 is 15.4 Å². The van der Waals surface area contributed by atoms with Gasteiger partial charge in [-0.15, -0.1) is 0 Å². The number of hydrogen-bond donors (Lipinski definition) is 2. The second kappa shape index (κ2) is 10.0. The van der Waals surface area contributed by atoms with Crippen LogP contribution in [0.2, 0.25) is 0 Å².